The fourth-order valence-corrected chi connectivity index (χ4v) is 2.00. The normalized spacial score (nSPS) is 13.8. The van der Waals surface area contributed by atoms with Crippen LogP contribution in [0, 0.1) is 5.92 Å². The van der Waals surface area contributed by atoms with Crippen molar-refractivity contribution in [3.8, 4) is 11.6 Å². The van der Waals surface area contributed by atoms with Crippen molar-refractivity contribution in [3.63, 3.8) is 0 Å². The molecule has 7 heteroatoms. The van der Waals surface area contributed by atoms with Gasteiger partial charge in [-0.1, -0.05) is 23.7 Å². The highest BCUT2D eigenvalue weighted by Gasteiger charge is 2.30. The van der Waals surface area contributed by atoms with Gasteiger partial charge in [-0.05, 0) is 36.6 Å². The van der Waals surface area contributed by atoms with Gasteiger partial charge >= 0.3 is 0 Å². The molecule has 108 valence electrons. The number of rotatable bonds is 4. The van der Waals surface area contributed by atoms with Gasteiger partial charge in [0, 0.05) is 5.92 Å². The Hall–Kier alpha value is -1.85. The standard InChI is InChI=1S/C14H11Cl2N3O2/c15-9-7-17-14(16)19-13(9)21-11-4-2-1-3-10(11)18-12(20)8-5-6-8/h1-4,7-8H,5-6H2,(H,18,20). The Labute approximate surface area is 131 Å². The predicted molar refractivity (Wildman–Crippen MR) is 79.9 cm³/mol. The van der Waals surface area contributed by atoms with Crippen molar-refractivity contribution in [2.45, 2.75) is 12.8 Å². The molecule has 2 aromatic rings. The van der Waals surface area contributed by atoms with Crippen LogP contribution in [0.3, 0.4) is 0 Å². The largest absolute Gasteiger partial charge is 0.435 e. The van der Waals surface area contributed by atoms with Crippen molar-refractivity contribution in [1.29, 1.82) is 0 Å². The Kier molecular flexibility index (Phi) is 3.94. The van der Waals surface area contributed by atoms with E-state index < -0.39 is 0 Å². The van der Waals surface area contributed by atoms with E-state index in [0.717, 1.165) is 12.8 Å². The smallest absolute Gasteiger partial charge is 0.242 e. The molecule has 0 unspecified atom stereocenters. The number of nitrogens with zero attached hydrogens (tertiary/aromatic N) is 2. The summed E-state index contributed by atoms with van der Waals surface area (Å²) in [6.45, 7) is 0. The number of para-hydroxylation sites is 2. The SMILES string of the molecule is O=C(Nc1ccccc1Oc1nc(Cl)ncc1Cl)C1CC1. The van der Waals surface area contributed by atoms with Gasteiger partial charge in [0.25, 0.3) is 0 Å². The highest BCUT2D eigenvalue weighted by molar-refractivity contribution is 6.32. The lowest BCUT2D eigenvalue weighted by molar-refractivity contribution is -0.117. The zero-order valence-corrected chi connectivity index (χ0v) is 12.4. The summed E-state index contributed by atoms with van der Waals surface area (Å²) in [4.78, 5) is 19.5. The summed E-state index contributed by atoms with van der Waals surface area (Å²) in [6, 6.07) is 7.07. The molecule has 1 heterocycles. The zero-order valence-electron chi connectivity index (χ0n) is 10.8. The number of amides is 1. The molecule has 0 spiro atoms. The number of benzene rings is 1. The number of ether oxygens (including phenoxy) is 1. The average molecular weight is 324 g/mol. The minimum absolute atomic E-state index is 0.00198. The lowest BCUT2D eigenvalue weighted by Gasteiger charge is -2.12. The molecule has 1 aromatic carbocycles. The minimum Gasteiger partial charge on any atom is -0.435 e. The van der Waals surface area contributed by atoms with Gasteiger partial charge in [0.05, 0.1) is 11.9 Å². The number of hydrogen-bond acceptors (Lipinski definition) is 4. The molecule has 1 aliphatic rings. The predicted octanol–water partition coefficient (Wildman–Crippen LogP) is 3.92. The summed E-state index contributed by atoms with van der Waals surface area (Å²) in [6.07, 6.45) is 3.22. The monoisotopic (exact) mass is 323 g/mol. The zero-order chi connectivity index (χ0) is 14.8. The number of carbonyl (C=O) groups is 1. The Morgan fingerprint density at radius 3 is 2.81 bits per heavy atom. The van der Waals surface area contributed by atoms with Crippen molar-refractivity contribution >= 4 is 34.8 Å². The molecule has 0 radical (unpaired) electrons. The highest BCUT2D eigenvalue weighted by Crippen LogP contribution is 2.35. The second-order valence-electron chi connectivity index (χ2n) is 4.65. The van der Waals surface area contributed by atoms with Gasteiger partial charge in [0.15, 0.2) is 5.75 Å². The van der Waals surface area contributed by atoms with Gasteiger partial charge in [-0.2, -0.15) is 4.98 Å². The van der Waals surface area contributed by atoms with Crippen LogP contribution in [-0.2, 0) is 4.79 Å². The Balaban J connectivity index is 1.84. The van der Waals surface area contributed by atoms with Crippen molar-refractivity contribution in [3.05, 3.63) is 40.8 Å². The first-order chi connectivity index (χ1) is 10.1. The molecule has 21 heavy (non-hydrogen) atoms. The third-order valence-corrected chi connectivity index (χ3v) is 3.42. The fraction of sp³-hybridized carbons (Fsp3) is 0.214. The second-order valence-corrected chi connectivity index (χ2v) is 5.40. The average Bonchev–Trinajstić information content (AvgIpc) is 3.29. The van der Waals surface area contributed by atoms with E-state index in [0.29, 0.717) is 11.4 Å². The maximum Gasteiger partial charge on any atom is 0.242 e. The maximum atomic E-state index is 11.9. The molecule has 0 bridgehead atoms. The van der Waals surface area contributed by atoms with Crippen molar-refractivity contribution in [2.75, 3.05) is 5.32 Å². The van der Waals surface area contributed by atoms with Gasteiger partial charge < -0.3 is 10.1 Å². The second kappa shape index (κ2) is 5.87. The summed E-state index contributed by atoms with van der Waals surface area (Å²) < 4.78 is 5.64. The van der Waals surface area contributed by atoms with Gasteiger partial charge in [-0.15, -0.1) is 0 Å². The first kappa shape index (κ1) is 14.1. The molecule has 1 aromatic heterocycles. The quantitative estimate of drug-likeness (QED) is 0.866. The van der Waals surface area contributed by atoms with Crippen LogP contribution >= 0.6 is 23.2 Å². The highest BCUT2D eigenvalue weighted by atomic mass is 35.5. The molecule has 1 N–H and O–H groups in total. The van der Waals surface area contributed by atoms with Crippen molar-refractivity contribution < 1.29 is 9.53 Å². The summed E-state index contributed by atoms with van der Waals surface area (Å²) >= 11 is 11.7. The van der Waals surface area contributed by atoms with Crippen LogP contribution in [0.4, 0.5) is 5.69 Å². The number of carbonyl (C=O) groups excluding carboxylic acids is 1. The van der Waals surface area contributed by atoms with E-state index in [1.165, 1.54) is 6.20 Å². The number of hydrogen-bond donors (Lipinski definition) is 1. The lowest BCUT2D eigenvalue weighted by Crippen LogP contribution is -2.13. The van der Waals surface area contributed by atoms with Crippen molar-refractivity contribution in [2.24, 2.45) is 5.92 Å². The fourth-order valence-electron chi connectivity index (χ4n) is 1.75. The maximum absolute atomic E-state index is 11.9. The van der Waals surface area contributed by atoms with Gasteiger partial charge in [0.2, 0.25) is 17.1 Å². The molecule has 0 atom stereocenters. The van der Waals surface area contributed by atoms with Crippen LogP contribution < -0.4 is 10.1 Å². The van der Waals surface area contributed by atoms with Crippen molar-refractivity contribution in [1.82, 2.24) is 9.97 Å². The van der Waals surface area contributed by atoms with Gasteiger partial charge in [-0.25, -0.2) is 4.98 Å². The molecule has 1 fully saturated rings. The number of aromatic nitrogens is 2. The van der Waals surface area contributed by atoms with E-state index in [4.69, 9.17) is 27.9 Å². The summed E-state index contributed by atoms with van der Waals surface area (Å²) in [5, 5.41) is 3.12. The topological polar surface area (TPSA) is 64.1 Å². The van der Waals surface area contributed by atoms with E-state index >= 15 is 0 Å². The Morgan fingerprint density at radius 2 is 2.05 bits per heavy atom. The van der Waals surface area contributed by atoms with Crippen LogP contribution in [0.2, 0.25) is 10.3 Å². The third kappa shape index (κ3) is 3.43. The molecule has 1 amide bonds. The van der Waals surface area contributed by atoms with Gasteiger partial charge in [0.1, 0.15) is 5.02 Å². The molecule has 1 aliphatic carbocycles. The Morgan fingerprint density at radius 1 is 1.29 bits per heavy atom. The molecule has 0 saturated heterocycles. The summed E-state index contributed by atoms with van der Waals surface area (Å²) in [5.41, 5.74) is 0.570. The number of anilines is 1. The van der Waals surface area contributed by atoms with Crippen LogP contribution in [0.15, 0.2) is 30.5 Å². The van der Waals surface area contributed by atoms with Crippen LogP contribution in [0.25, 0.3) is 0 Å². The lowest BCUT2D eigenvalue weighted by atomic mass is 10.2. The van der Waals surface area contributed by atoms with Crippen LogP contribution in [0.5, 0.6) is 11.6 Å². The molecular weight excluding hydrogens is 313 g/mol. The molecule has 1 saturated carbocycles. The first-order valence-corrected chi connectivity index (χ1v) is 7.15. The summed E-state index contributed by atoms with van der Waals surface area (Å²) in [5.74, 6) is 0.695. The van der Waals surface area contributed by atoms with Gasteiger partial charge in [-0.3, -0.25) is 4.79 Å². The molecular formula is C14H11Cl2N3O2. The molecule has 3 rings (SSSR count). The van der Waals surface area contributed by atoms with Crippen LogP contribution in [-0.4, -0.2) is 15.9 Å². The first-order valence-electron chi connectivity index (χ1n) is 6.39. The minimum atomic E-state index is -0.00198. The number of halogens is 2. The van der Waals surface area contributed by atoms with E-state index in [-0.39, 0.29) is 28.0 Å². The van der Waals surface area contributed by atoms with E-state index in [9.17, 15) is 4.79 Å². The van der Waals surface area contributed by atoms with E-state index in [1.54, 1.807) is 18.2 Å². The molecule has 0 aliphatic heterocycles. The van der Waals surface area contributed by atoms with E-state index in [2.05, 4.69) is 15.3 Å². The summed E-state index contributed by atoms with van der Waals surface area (Å²) in [7, 11) is 0. The Bertz CT molecular complexity index is 690. The third-order valence-electron chi connectivity index (χ3n) is 2.98. The number of nitrogens with one attached hydrogen (secondary N) is 1. The van der Waals surface area contributed by atoms with Crippen LogP contribution in [0.1, 0.15) is 12.8 Å². The molecule has 5 nitrogen and oxygen atoms in total. The van der Waals surface area contributed by atoms with E-state index in [1.807, 2.05) is 6.07 Å².